The van der Waals surface area contributed by atoms with Gasteiger partial charge < -0.3 is 10.7 Å². The summed E-state index contributed by atoms with van der Waals surface area (Å²) in [5.74, 6) is 4.67. The number of fused-ring (bicyclic) bond motifs is 1. The summed E-state index contributed by atoms with van der Waals surface area (Å²) in [4.78, 5) is 14.2. The van der Waals surface area contributed by atoms with Gasteiger partial charge in [0.1, 0.15) is 6.04 Å². The number of amides is 1. The van der Waals surface area contributed by atoms with Crippen LogP contribution in [-0.4, -0.2) is 76.6 Å². The molecule has 12 heteroatoms. The zero-order valence-electron chi connectivity index (χ0n) is 20.3. The average molecular weight is 544 g/mol. The van der Waals surface area contributed by atoms with Gasteiger partial charge in [0.05, 0.1) is 12.5 Å². The Labute approximate surface area is 218 Å². The van der Waals surface area contributed by atoms with Gasteiger partial charge in [0.2, 0.25) is 15.9 Å². The average Bonchev–Trinajstić information content (AvgIpc) is 2.88. The SMILES string of the molecule is CS(=O)(=O)N1CCN(C(=O)C(Cc2cccc(C=NN)c2)N=S(=O)=O)CC1.c1ccc2ccccc2c1. The fourth-order valence-electron chi connectivity index (χ4n) is 3.97. The molecule has 1 atom stereocenters. The minimum absolute atomic E-state index is 0.0886. The zero-order chi connectivity index (χ0) is 26.8. The highest BCUT2D eigenvalue weighted by Gasteiger charge is 2.30. The van der Waals surface area contributed by atoms with Gasteiger partial charge >= 0.3 is 10.5 Å². The van der Waals surface area contributed by atoms with E-state index in [-0.39, 0.29) is 32.6 Å². The number of hydrazone groups is 1. The monoisotopic (exact) mass is 543 g/mol. The van der Waals surface area contributed by atoms with Gasteiger partial charge in [-0.1, -0.05) is 72.8 Å². The Bertz CT molecular complexity index is 1430. The molecule has 0 aliphatic carbocycles. The van der Waals surface area contributed by atoms with E-state index in [1.54, 1.807) is 24.3 Å². The summed E-state index contributed by atoms with van der Waals surface area (Å²) < 4.78 is 50.1. The Morgan fingerprint density at radius 2 is 1.54 bits per heavy atom. The van der Waals surface area contributed by atoms with Crippen molar-refractivity contribution in [2.24, 2.45) is 15.3 Å². The first kappa shape index (κ1) is 28.0. The molecular formula is C25H29N5O5S2. The lowest BCUT2D eigenvalue weighted by molar-refractivity contribution is -0.133. The smallest absolute Gasteiger partial charge is 0.311 e. The van der Waals surface area contributed by atoms with Crippen LogP contribution in [0.3, 0.4) is 0 Å². The number of hydrogen-bond acceptors (Lipinski definition) is 8. The Balaban J connectivity index is 0.000000313. The highest BCUT2D eigenvalue weighted by molar-refractivity contribution is 7.88. The van der Waals surface area contributed by atoms with Gasteiger partial charge in [0.15, 0.2) is 0 Å². The molecule has 0 radical (unpaired) electrons. The first-order valence-corrected chi connectivity index (χ1v) is 14.4. The molecule has 196 valence electrons. The van der Waals surface area contributed by atoms with Crippen molar-refractivity contribution < 1.29 is 21.6 Å². The van der Waals surface area contributed by atoms with Gasteiger partial charge in [-0.25, -0.2) is 8.42 Å². The molecule has 0 saturated carbocycles. The first-order valence-electron chi connectivity index (χ1n) is 11.5. The number of piperazine rings is 1. The van der Waals surface area contributed by atoms with E-state index in [9.17, 15) is 21.6 Å². The summed E-state index contributed by atoms with van der Waals surface area (Å²) in [6.45, 7) is 0.701. The lowest BCUT2D eigenvalue weighted by Gasteiger charge is -2.34. The van der Waals surface area contributed by atoms with E-state index in [1.807, 2.05) is 0 Å². The molecule has 1 aliphatic heterocycles. The topological polar surface area (TPSA) is 143 Å². The van der Waals surface area contributed by atoms with Crippen molar-refractivity contribution in [3.63, 3.8) is 0 Å². The number of hydrogen-bond donors (Lipinski definition) is 1. The van der Waals surface area contributed by atoms with E-state index < -0.39 is 32.5 Å². The summed E-state index contributed by atoms with van der Waals surface area (Å²) >= 11 is 0. The molecule has 37 heavy (non-hydrogen) atoms. The zero-order valence-corrected chi connectivity index (χ0v) is 22.0. The molecule has 2 N–H and O–H groups in total. The fraction of sp³-hybridized carbons (Fsp3) is 0.280. The minimum atomic E-state index is -3.32. The molecule has 0 aromatic heterocycles. The molecule has 0 bridgehead atoms. The van der Waals surface area contributed by atoms with Crippen molar-refractivity contribution in [2.75, 3.05) is 32.4 Å². The van der Waals surface area contributed by atoms with Gasteiger partial charge in [-0.2, -0.15) is 22.2 Å². The van der Waals surface area contributed by atoms with Crippen LogP contribution in [-0.2, 0) is 31.7 Å². The van der Waals surface area contributed by atoms with Crippen molar-refractivity contribution in [3.8, 4) is 0 Å². The van der Waals surface area contributed by atoms with Gasteiger partial charge in [0, 0.05) is 32.6 Å². The quantitative estimate of drug-likeness (QED) is 0.286. The second-order valence-electron chi connectivity index (χ2n) is 8.40. The van der Waals surface area contributed by atoms with Crippen molar-refractivity contribution in [2.45, 2.75) is 12.5 Å². The normalized spacial score (nSPS) is 15.1. The van der Waals surface area contributed by atoms with Crippen LogP contribution in [0, 0.1) is 0 Å². The predicted octanol–water partition coefficient (Wildman–Crippen LogP) is 1.90. The Hall–Kier alpha value is -3.61. The Morgan fingerprint density at radius 1 is 0.973 bits per heavy atom. The standard InChI is InChI=1S/C15H21N5O5S2.C10H8/c1-27(24,25)20-7-5-19(6-8-20)15(21)14(18-26(22)23)10-12-3-2-4-13(9-12)11-17-16;1-2-6-10-8-4-3-7-9(10)5-1/h2-4,9,11,14H,5-8,10,16H2,1H3;1-8H. The molecule has 1 amide bonds. The van der Waals surface area contributed by atoms with Crippen LogP contribution in [0.5, 0.6) is 0 Å². The van der Waals surface area contributed by atoms with Crippen LogP contribution in [0.25, 0.3) is 10.8 Å². The maximum Gasteiger partial charge on any atom is 0.311 e. The number of carbonyl (C=O) groups excluding carboxylic acids is 1. The molecule has 1 aliphatic rings. The molecule has 1 unspecified atom stereocenters. The van der Waals surface area contributed by atoms with Crippen LogP contribution in [0.4, 0.5) is 0 Å². The first-order chi connectivity index (χ1) is 17.7. The molecule has 1 fully saturated rings. The van der Waals surface area contributed by atoms with Crippen LogP contribution in [0.2, 0.25) is 0 Å². The van der Waals surface area contributed by atoms with E-state index in [0.29, 0.717) is 11.1 Å². The number of nitrogens with zero attached hydrogens (tertiary/aromatic N) is 4. The molecule has 1 heterocycles. The van der Waals surface area contributed by atoms with Crippen LogP contribution >= 0.6 is 0 Å². The van der Waals surface area contributed by atoms with E-state index in [0.717, 1.165) is 6.26 Å². The van der Waals surface area contributed by atoms with E-state index in [4.69, 9.17) is 5.84 Å². The van der Waals surface area contributed by atoms with Gasteiger partial charge in [-0.05, 0) is 21.9 Å². The summed E-state index contributed by atoms with van der Waals surface area (Å²) in [5, 5.41) is 6.05. The molecular weight excluding hydrogens is 514 g/mol. The molecule has 3 aromatic rings. The largest absolute Gasteiger partial charge is 0.338 e. The lowest BCUT2D eigenvalue weighted by Crippen LogP contribution is -2.52. The summed E-state index contributed by atoms with van der Waals surface area (Å²) in [6.07, 6.45) is 2.64. The third-order valence-corrected chi connectivity index (χ3v) is 7.51. The molecule has 0 spiro atoms. The maximum atomic E-state index is 12.7. The van der Waals surface area contributed by atoms with E-state index >= 15 is 0 Å². The Kier molecular flexibility index (Phi) is 9.89. The van der Waals surface area contributed by atoms with E-state index in [1.165, 1.54) is 26.2 Å². The summed E-state index contributed by atoms with van der Waals surface area (Å²) in [7, 11) is -6.07. The van der Waals surface area contributed by atoms with Crippen LogP contribution in [0.15, 0.2) is 82.3 Å². The van der Waals surface area contributed by atoms with Crippen molar-refractivity contribution >= 4 is 43.4 Å². The third-order valence-electron chi connectivity index (χ3n) is 5.78. The number of sulfonamides is 1. The minimum Gasteiger partial charge on any atom is -0.338 e. The lowest BCUT2D eigenvalue weighted by atomic mass is 10.0. The summed E-state index contributed by atoms with van der Waals surface area (Å²) in [6, 6.07) is 22.6. The second kappa shape index (κ2) is 13.1. The van der Waals surface area contributed by atoms with Gasteiger partial charge in [-0.15, -0.1) is 0 Å². The molecule has 10 nitrogen and oxygen atoms in total. The second-order valence-corrected chi connectivity index (χ2v) is 11.0. The van der Waals surface area contributed by atoms with Crippen molar-refractivity contribution in [3.05, 3.63) is 83.9 Å². The number of carbonyl (C=O) groups is 1. The molecule has 3 aromatic carbocycles. The third kappa shape index (κ3) is 8.48. The van der Waals surface area contributed by atoms with Gasteiger partial charge in [-0.3, -0.25) is 4.79 Å². The van der Waals surface area contributed by atoms with Crippen molar-refractivity contribution in [1.82, 2.24) is 9.21 Å². The number of benzene rings is 3. The fourth-order valence-corrected chi connectivity index (χ4v) is 5.17. The Morgan fingerprint density at radius 3 is 2.03 bits per heavy atom. The molecule has 1 saturated heterocycles. The number of nitrogens with two attached hydrogens (primary N) is 1. The van der Waals surface area contributed by atoms with Gasteiger partial charge in [0.25, 0.3) is 0 Å². The highest BCUT2D eigenvalue weighted by atomic mass is 32.2. The maximum absolute atomic E-state index is 12.7. The highest BCUT2D eigenvalue weighted by Crippen LogP contribution is 2.14. The summed E-state index contributed by atoms with van der Waals surface area (Å²) in [5.41, 5.74) is 1.42. The molecule has 4 rings (SSSR count). The van der Waals surface area contributed by atoms with Crippen LogP contribution in [0.1, 0.15) is 11.1 Å². The predicted molar refractivity (Wildman–Crippen MR) is 144 cm³/mol. The number of rotatable bonds is 6. The van der Waals surface area contributed by atoms with E-state index in [2.05, 4.69) is 58.0 Å². The van der Waals surface area contributed by atoms with Crippen LogP contribution < -0.4 is 5.84 Å². The van der Waals surface area contributed by atoms with Crippen molar-refractivity contribution in [1.29, 1.82) is 0 Å².